The maximum absolute atomic E-state index is 13.5. The molecule has 0 spiro atoms. The Morgan fingerprint density at radius 2 is 1.72 bits per heavy atom. The van der Waals surface area contributed by atoms with Crippen LogP contribution in [0.3, 0.4) is 0 Å². The second-order valence-electron chi connectivity index (χ2n) is 14.4. The summed E-state index contributed by atoms with van der Waals surface area (Å²) in [5.74, 6) is 0.403. The predicted octanol–water partition coefficient (Wildman–Crippen LogP) is 6.73. The van der Waals surface area contributed by atoms with Crippen molar-refractivity contribution in [3.63, 3.8) is 0 Å². The molecule has 264 valence electrons. The van der Waals surface area contributed by atoms with Gasteiger partial charge in [0.05, 0.1) is 17.1 Å². The lowest BCUT2D eigenvalue weighted by Gasteiger charge is -2.32. The highest BCUT2D eigenvalue weighted by Crippen LogP contribution is 2.42. The van der Waals surface area contributed by atoms with E-state index in [-0.39, 0.29) is 18.5 Å². The van der Waals surface area contributed by atoms with Crippen molar-refractivity contribution in [1.29, 1.82) is 0 Å². The maximum Gasteiger partial charge on any atom is 0.414 e. The van der Waals surface area contributed by atoms with Crippen LogP contribution in [0.4, 0.5) is 26.3 Å². The van der Waals surface area contributed by atoms with Gasteiger partial charge < -0.3 is 29.6 Å². The molecule has 1 heterocycles. The number of halogens is 6. The van der Waals surface area contributed by atoms with Crippen LogP contribution in [0.5, 0.6) is 0 Å². The van der Waals surface area contributed by atoms with Crippen molar-refractivity contribution < 1.29 is 40.4 Å². The maximum atomic E-state index is 13.5. The molecular formula is C30H49F6N5O3SSi. The molecule has 0 bridgehead atoms. The van der Waals surface area contributed by atoms with Gasteiger partial charge in [-0.05, 0) is 77.1 Å². The number of nitrogens with zero attached hydrogens (tertiary/aromatic N) is 2. The highest BCUT2D eigenvalue weighted by molar-refractivity contribution is 7.90. The molecule has 0 amide bonds. The second-order valence-corrected chi connectivity index (χ2v) is 22.0. The van der Waals surface area contributed by atoms with Crippen LogP contribution in [-0.2, 0) is 27.6 Å². The molecule has 4 N–H and O–H groups in total. The Labute approximate surface area is 271 Å². The van der Waals surface area contributed by atoms with E-state index in [4.69, 9.17) is 20.2 Å². The van der Waals surface area contributed by atoms with Gasteiger partial charge >= 0.3 is 12.4 Å². The van der Waals surface area contributed by atoms with E-state index < -0.39 is 73.4 Å². The third-order valence-corrected chi connectivity index (χ3v) is 11.2. The Morgan fingerprint density at radius 3 is 2.24 bits per heavy atom. The van der Waals surface area contributed by atoms with Crippen molar-refractivity contribution in [3.8, 4) is 0 Å². The fraction of sp³-hybridized carbons (Fsp3) is 0.767. The number of aromatic nitrogens is 2. The molecule has 1 fully saturated rings. The summed E-state index contributed by atoms with van der Waals surface area (Å²) < 4.78 is 109. The summed E-state index contributed by atoms with van der Waals surface area (Å²) >= 11 is -1.71. The number of alkyl halides is 6. The Balaban J connectivity index is 2.07. The molecule has 1 aliphatic carbocycles. The molecule has 46 heavy (non-hydrogen) atoms. The average molecular weight is 702 g/mol. The lowest BCUT2D eigenvalue weighted by Crippen LogP contribution is -2.47. The van der Waals surface area contributed by atoms with Gasteiger partial charge in [-0.15, -0.1) is 4.72 Å². The molecule has 1 aromatic carbocycles. The Bertz CT molecular complexity index is 1280. The van der Waals surface area contributed by atoms with E-state index in [2.05, 4.69) is 29.7 Å². The minimum atomic E-state index is -4.61. The van der Waals surface area contributed by atoms with Crippen LogP contribution in [0.2, 0.25) is 25.7 Å². The summed E-state index contributed by atoms with van der Waals surface area (Å²) in [6.07, 6.45) is -10.7. The van der Waals surface area contributed by atoms with E-state index in [0.717, 1.165) is 31.4 Å². The number of fused-ring (bicyclic) bond motifs is 1. The van der Waals surface area contributed by atoms with E-state index in [9.17, 15) is 30.9 Å². The summed E-state index contributed by atoms with van der Waals surface area (Å²) in [4.78, 5) is 4.82. The van der Waals surface area contributed by atoms with Gasteiger partial charge in [-0.2, -0.15) is 26.3 Å². The van der Waals surface area contributed by atoms with Crippen LogP contribution in [-0.4, -0.2) is 70.7 Å². The van der Waals surface area contributed by atoms with Gasteiger partial charge in [-0.3, -0.25) is 0 Å². The SMILES string of the molecule is C[C@@H](O[C@H](C)C(F)(F)F)[C@H](N[S+]([O-])C(C)(C)C)c1nc2cc([C@H](NC[C@H](N)C(F)(F)F)C3CC3)ccc2n1COCC[Si](C)(C)C. The van der Waals surface area contributed by atoms with E-state index >= 15 is 0 Å². The molecule has 6 atom stereocenters. The zero-order valence-electron chi connectivity index (χ0n) is 27.8. The number of hydrogen-bond acceptors (Lipinski definition) is 7. The first-order chi connectivity index (χ1) is 21.0. The van der Waals surface area contributed by atoms with Crippen molar-refractivity contribution in [2.75, 3.05) is 13.2 Å². The van der Waals surface area contributed by atoms with E-state index in [1.807, 2.05) is 6.07 Å². The summed E-state index contributed by atoms with van der Waals surface area (Å²) in [6.45, 7) is 14.3. The third kappa shape index (κ3) is 11.1. The molecule has 1 saturated carbocycles. The molecule has 1 aromatic heterocycles. The van der Waals surface area contributed by atoms with Gasteiger partial charge in [0.25, 0.3) is 0 Å². The number of imidazole rings is 1. The first kappa shape index (κ1) is 39.0. The van der Waals surface area contributed by atoms with Gasteiger partial charge in [0.15, 0.2) is 6.10 Å². The topological polar surface area (TPSA) is 109 Å². The molecule has 0 radical (unpaired) electrons. The number of nitrogens with one attached hydrogen (secondary N) is 2. The van der Waals surface area contributed by atoms with Crippen molar-refractivity contribution in [2.45, 2.75) is 127 Å². The van der Waals surface area contributed by atoms with Crippen molar-refractivity contribution in [1.82, 2.24) is 19.6 Å². The zero-order valence-corrected chi connectivity index (χ0v) is 29.6. The standard InChI is InChI=1S/C30H49F6N5O3SSi/c1-18(44-19(2)29(31,32)33)25(40-45(42)28(3,4)5)27-39-22-15-21(26(20-9-10-20)38-16-24(37)30(34,35)36)11-12-23(22)41(27)17-43-13-14-46(6,7)8/h11-12,15,18-20,24-26,38,40H,9-10,13-14,16-17,37H2,1-8H3/t18-,19-,24+,25+,26-,45?/m1/s1. The highest BCUT2D eigenvalue weighted by atomic mass is 32.2. The largest absolute Gasteiger partial charge is 0.598 e. The van der Waals surface area contributed by atoms with Crippen LogP contribution in [0.15, 0.2) is 18.2 Å². The van der Waals surface area contributed by atoms with E-state index in [0.29, 0.717) is 17.6 Å². The van der Waals surface area contributed by atoms with Gasteiger partial charge in [0.2, 0.25) is 0 Å². The van der Waals surface area contributed by atoms with Crippen molar-refractivity contribution >= 4 is 30.5 Å². The first-order valence-corrected chi connectivity index (χ1v) is 20.4. The highest BCUT2D eigenvalue weighted by Gasteiger charge is 2.42. The third-order valence-electron chi connectivity index (χ3n) is 7.87. The predicted molar refractivity (Wildman–Crippen MR) is 171 cm³/mol. The summed E-state index contributed by atoms with van der Waals surface area (Å²) in [5.41, 5.74) is 7.16. The van der Waals surface area contributed by atoms with Crippen LogP contribution < -0.4 is 15.8 Å². The minimum Gasteiger partial charge on any atom is -0.598 e. The number of nitrogens with two attached hydrogens (primary N) is 1. The Kier molecular flexibility index (Phi) is 12.7. The number of ether oxygens (including phenoxy) is 2. The first-order valence-electron chi connectivity index (χ1n) is 15.5. The van der Waals surface area contributed by atoms with Crippen LogP contribution in [0.25, 0.3) is 11.0 Å². The van der Waals surface area contributed by atoms with Crippen LogP contribution in [0.1, 0.15) is 70.9 Å². The van der Waals surface area contributed by atoms with E-state index in [1.54, 1.807) is 37.5 Å². The molecule has 8 nitrogen and oxygen atoms in total. The molecule has 2 aromatic rings. The fourth-order valence-corrected chi connectivity index (χ4v) is 6.39. The quantitative estimate of drug-likeness (QED) is 0.0771. The van der Waals surface area contributed by atoms with Gasteiger partial charge in [0.1, 0.15) is 29.4 Å². The van der Waals surface area contributed by atoms with Crippen LogP contribution >= 0.6 is 0 Å². The fourth-order valence-electron chi connectivity index (χ4n) is 4.75. The molecule has 0 aliphatic heterocycles. The van der Waals surface area contributed by atoms with Gasteiger partial charge in [0, 0.05) is 38.6 Å². The average Bonchev–Trinajstić information content (AvgIpc) is 3.68. The lowest BCUT2D eigenvalue weighted by molar-refractivity contribution is -0.227. The number of hydrogen-bond donors (Lipinski definition) is 3. The number of benzene rings is 1. The van der Waals surface area contributed by atoms with Crippen molar-refractivity contribution in [2.24, 2.45) is 11.7 Å². The number of rotatable bonds is 16. The normalized spacial score (nSPS) is 19.2. The van der Waals surface area contributed by atoms with E-state index in [1.165, 1.54) is 6.92 Å². The molecule has 1 aliphatic rings. The summed E-state index contributed by atoms with van der Waals surface area (Å²) in [7, 11) is -1.43. The Morgan fingerprint density at radius 1 is 1.09 bits per heavy atom. The summed E-state index contributed by atoms with van der Waals surface area (Å²) in [5, 5.41) is 2.99. The van der Waals surface area contributed by atoms with Gasteiger partial charge in [-0.1, -0.05) is 25.7 Å². The molecule has 0 saturated heterocycles. The lowest BCUT2D eigenvalue weighted by atomic mass is 10.0. The molecule has 3 rings (SSSR count). The molecular weight excluding hydrogens is 653 g/mol. The molecule has 1 unspecified atom stereocenters. The van der Waals surface area contributed by atoms with Crippen molar-refractivity contribution in [3.05, 3.63) is 29.6 Å². The Hall–Kier alpha value is -1.40. The summed E-state index contributed by atoms with van der Waals surface area (Å²) in [6, 6.07) is 2.79. The smallest absolute Gasteiger partial charge is 0.414 e. The van der Waals surface area contributed by atoms with Crippen LogP contribution in [0, 0.1) is 5.92 Å². The monoisotopic (exact) mass is 701 g/mol. The zero-order chi connectivity index (χ0) is 34.8. The second kappa shape index (κ2) is 15.0. The van der Waals surface area contributed by atoms with Gasteiger partial charge in [-0.25, -0.2) is 4.98 Å². The minimum absolute atomic E-state index is 0.0300. The molecule has 16 heteroatoms.